The van der Waals surface area contributed by atoms with Gasteiger partial charge in [-0.25, -0.2) is 4.39 Å². The zero-order valence-electron chi connectivity index (χ0n) is 10.4. The zero-order chi connectivity index (χ0) is 13.0. The van der Waals surface area contributed by atoms with Gasteiger partial charge in [-0.1, -0.05) is 6.07 Å². The summed E-state index contributed by atoms with van der Waals surface area (Å²) in [7, 11) is 0. The Morgan fingerprint density at radius 2 is 2.06 bits per heavy atom. The van der Waals surface area contributed by atoms with Crippen LogP contribution < -0.4 is 10.1 Å². The maximum Gasteiger partial charge on any atom is 0.147 e. The number of hydrogen-bond donors (Lipinski definition) is 1. The van der Waals surface area contributed by atoms with Gasteiger partial charge >= 0.3 is 0 Å². The van der Waals surface area contributed by atoms with Crippen molar-refractivity contribution in [1.82, 2.24) is 4.98 Å². The van der Waals surface area contributed by atoms with E-state index in [1.165, 1.54) is 6.07 Å². The average molecular weight is 246 g/mol. The van der Waals surface area contributed by atoms with E-state index in [1.807, 2.05) is 13.0 Å². The maximum atomic E-state index is 13.4. The molecule has 1 aromatic carbocycles. The molecule has 0 bridgehead atoms. The number of aryl methyl sites for hydroxylation is 1. The first-order chi connectivity index (χ1) is 8.69. The standard InChI is InChI=1S/C14H15FN2O/c1-3-17-11-6-13(9-16-8-11)18-12-5-4-10(2)14(15)7-12/h4-9,17H,3H2,1-2H3. The summed E-state index contributed by atoms with van der Waals surface area (Å²) in [5.74, 6) is 0.772. The van der Waals surface area contributed by atoms with Crippen LogP contribution in [0.25, 0.3) is 0 Å². The first-order valence-corrected chi connectivity index (χ1v) is 5.82. The van der Waals surface area contributed by atoms with E-state index in [-0.39, 0.29) is 5.82 Å². The number of benzene rings is 1. The molecule has 0 radical (unpaired) electrons. The molecule has 2 rings (SSSR count). The highest BCUT2D eigenvalue weighted by molar-refractivity contribution is 5.46. The summed E-state index contributed by atoms with van der Waals surface area (Å²) >= 11 is 0. The average Bonchev–Trinajstić information content (AvgIpc) is 2.35. The van der Waals surface area contributed by atoms with Crippen molar-refractivity contribution >= 4 is 5.69 Å². The lowest BCUT2D eigenvalue weighted by Crippen LogP contribution is -1.97. The molecule has 0 aliphatic heterocycles. The minimum Gasteiger partial charge on any atom is -0.456 e. The molecule has 0 saturated carbocycles. The highest BCUT2D eigenvalue weighted by atomic mass is 19.1. The number of aromatic nitrogens is 1. The van der Waals surface area contributed by atoms with Crippen LogP contribution in [-0.2, 0) is 0 Å². The predicted molar refractivity (Wildman–Crippen MR) is 69.6 cm³/mol. The summed E-state index contributed by atoms with van der Waals surface area (Å²) in [6, 6.07) is 6.62. The van der Waals surface area contributed by atoms with E-state index in [4.69, 9.17) is 4.74 Å². The Kier molecular flexibility index (Phi) is 3.77. The van der Waals surface area contributed by atoms with Gasteiger partial charge < -0.3 is 10.1 Å². The largest absolute Gasteiger partial charge is 0.456 e. The topological polar surface area (TPSA) is 34.2 Å². The Bertz CT molecular complexity index is 543. The molecule has 0 saturated heterocycles. The molecule has 4 heteroatoms. The van der Waals surface area contributed by atoms with Crippen molar-refractivity contribution in [2.75, 3.05) is 11.9 Å². The van der Waals surface area contributed by atoms with E-state index in [9.17, 15) is 4.39 Å². The predicted octanol–water partition coefficient (Wildman–Crippen LogP) is 3.75. The summed E-state index contributed by atoms with van der Waals surface area (Å²) in [5.41, 5.74) is 1.48. The Hall–Kier alpha value is -2.10. The summed E-state index contributed by atoms with van der Waals surface area (Å²) in [4.78, 5) is 4.06. The summed E-state index contributed by atoms with van der Waals surface area (Å²) in [6.07, 6.45) is 3.31. The van der Waals surface area contributed by atoms with Gasteiger partial charge in [-0.05, 0) is 25.5 Å². The smallest absolute Gasteiger partial charge is 0.147 e. The number of ether oxygens (including phenoxy) is 1. The lowest BCUT2D eigenvalue weighted by Gasteiger charge is -2.08. The van der Waals surface area contributed by atoms with E-state index in [0.29, 0.717) is 17.1 Å². The molecule has 1 aromatic heterocycles. The molecule has 0 aliphatic rings. The van der Waals surface area contributed by atoms with Crippen LogP contribution >= 0.6 is 0 Å². The van der Waals surface area contributed by atoms with Gasteiger partial charge in [0.1, 0.15) is 17.3 Å². The summed E-state index contributed by atoms with van der Waals surface area (Å²) in [6.45, 7) is 4.53. The number of rotatable bonds is 4. The number of halogens is 1. The van der Waals surface area contributed by atoms with Crippen LogP contribution in [-0.4, -0.2) is 11.5 Å². The normalized spacial score (nSPS) is 10.2. The Balaban J connectivity index is 2.17. The van der Waals surface area contributed by atoms with Crippen molar-refractivity contribution in [2.45, 2.75) is 13.8 Å². The highest BCUT2D eigenvalue weighted by Gasteiger charge is 2.03. The van der Waals surface area contributed by atoms with Crippen LogP contribution in [0.2, 0.25) is 0 Å². The van der Waals surface area contributed by atoms with E-state index in [2.05, 4.69) is 10.3 Å². The van der Waals surface area contributed by atoms with Crippen LogP contribution in [0, 0.1) is 12.7 Å². The molecule has 3 nitrogen and oxygen atoms in total. The monoisotopic (exact) mass is 246 g/mol. The SMILES string of the molecule is CCNc1cncc(Oc2ccc(C)c(F)c2)c1. The molecule has 94 valence electrons. The highest BCUT2D eigenvalue weighted by Crippen LogP contribution is 2.24. The van der Waals surface area contributed by atoms with Crippen LogP contribution in [0.5, 0.6) is 11.5 Å². The maximum absolute atomic E-state index is 13.4. The molecule has 0 unspecified atom stereocenters. The van der Waals surface area contributed by atoms with Crippen molar-refractivity contribution in [3.05, 3.63) is 48.0 Å². The molecule has 1 heterocycles. The first kappa shape index (κ1) is 12.4. The fourth-order valence-corrected chi connectivity index (χ4v) is 1.55. The third-order valence-corrected chi connectivity index (χ3v) is 2.47. The van der Waals surface area contributed by atoms with Crippen LogP contribution in [0.4, 0.5) is 10.1 Å². The van der Waals surface area contributed by atoms with Gasteiger partial charge in [0.2, 0.25) is 0 Å². The molecular formula is C14H15FN2O. The summed E-state index contributed by atoms with van der Waals surface area (Å²) in [5, 5.41) is 3.14. The van der Waals surface area contributed by atoms with Gasteiger partial charge in [-0.2, -0.15) is 0 Å². The van der Waals surface area contributed by atoms with Gasteiger partial charge in [0.25, 0.3) is 0 Å². The molecule has 0 aliphatic carbocycles. The fourth-order valence-electron chi connectivity index (χ4n) is 1.55. The van der Waals surface area contributed by atoms with Gasteiger partial charge in [-0.3, -0.25) is 4.98 Å². The Labute approximate surface area is 106 Å². The molecule has 18 heavy (non-hydrogen) atoms. The Morgan fingerprint density at radius 3 is 2.78 bits per heavy atom. The second kappa shape index (κ2) is 5.49. The van der Waals surface area contributed by atoms with Crippen molar-refractivity contribution in [1.29, 1.82) is 0 Å². The van der Waals surface area contributed by atoms with Crippen molar-refractivity contribution < 1.29 is 9.13 Å². The van der Waals surface area contributed by atoms with Gasteiger partial charge in [0, 0.05) is 18.7 Å². The number of pyridine rings is 1. The van der Waals surface area contributed by atoms with Gasteiger partial charge in [-0.15, -0.1) is 0 Å². The van der Waals surface area contributed by atoms with Gasteiger partial charge in [0.15, 0.2) is 0 Å². The van der Waals surface area contributed by atoms with Crippen LogP contribution in [0.1, 0.15) is 12.5 Å². The van der Waals surface area contributed by atoms with Crippen molar-refractivity contribution in [3.8, 4) is 11.5 Å². The number of nitrogens with one attached hydrogen (secondary N) is 1. The van der Waals surface area contributed by atoms with E-state index in [1.54, 1.807) is 31.5 Å². The molecule has 0 fully saturated rings. The molecular weight excluding hydrogens is 231 g/mol. The second-order valence-electron chi connectivity index (χ2n) is 3.95. The van der Waals surface area contributed by atoms with Crippen molar-refractivity contribution in [2.24, 2.45) is 0 Å². The first-order valence-electron chi connectivity index (χ1n) is 5.82. The third-order valence-electron chi connectivity index (χ3n) is 2.47. The number of nitrogens with zero attached hydrogens (tertiary/aromatic N) is 1. The lowest BCUT2D eigenvalue weighted by molar-refractivity contribution is 0.474. The van der Waals surface area contributed by atoms with Crippen LogP contribution in [0.3, 0.4) is 0 Å². The minimum absolute atomic E-state index is 0.275. The zero-order valence-corrected chi connectivity index (χ0v) is 10.4. The van der Waals surface area contributed by atoms with Crippen LogP contribution in [0.15, 0.2) is 36.7 Å². The minimum atomic E-state index is -0.275. The van der Waals surface area contributed by atoms with E-state index < -0.39 is 0 Å². The van der Waals surface area contributed by atoms with Gasteiger partial charge in [0.05, 0.1) is 18.1 Å². The van der Waals surface area contributed by atoms with E-state index in [0.717, 1.165) is 12.2 Å². The van der Waals surface area contributed by atoms with Crippen molar-refractivity contribution in [3.63, 3.8) is 0 Å². The summed E-state index contributed by atoms with van der Waals surface area (Å²) < 4.78 is 18.9. The lowest BCUT2D eigenvalue weighted by atomic mass is 10.2. The number of hydrogen-bond acceptors (Lipinski definition) is 3. The molecule has 2 aromatic rings. The molecule has 0 atom stereocenters. The number of anilines is 1. The quantitative estimate of drug-likeness (QED) is 0.892. The molecule has 1 N–H and O–H groups in total. The Morgan fingerprint density at radius 1 is 1.22 bits per heavy atom. The molecule has 0 spiro atoms. The fraction of sp³-hybridized carbons (Fsp3) is 0.214. The third kappa shape index (κ3) is 2.97. The van der Waals surface area contributed by atoms with E-state index >= 15 is 0 Å². The second-order valence-corrected chi connectivity index (χ2v) is 3.95. The molecule has 0 amide bonds.